The van der Waals surface area contributed by atoms with Crippen LogP contribution in [0.4, 0.5) is 14.9 Å². The van der Waals surface area contributed by atoms with Crippen LogP contribution in [0.3, 0.4) is 0 Å². The quantitative estimate of drug-likeness (QED) is 0.733. The Bertz CT molecular complexity index is 888. The third kappa shape index (κ3) is 7.62. The third-order valence-electron chi connectivity index (χ3n) is 4.11. The summed E-state index contributed by atoms with van der Waals surface area (Å²) in [6.45, 7) is 6.06. The first-order valence-electron chi connectivity index (χ1n) is 9.36. The van der Waals surface area contributed by atoms with E-state index in [9.17, 15) is 27.2 Å². The summed E-state index contributed by atoms with van der Waals surface area (Å²) in [6, 6.07) is 4.86. The van der Waals surface area contributed by atoms with Crippen LogP contribution in [0.2, 0.25) is 0 Å². The fourth-order valence-corrected chi connectivity index (χ4v) is 3.86. The van der Waals surface area contributed by atoms with Crippen LogP contribution >= 0.6 is 0 Å². The van der Waals surface area contributed by atoms with E-state index < -0.39 is 50.7 Å². The van der Waals surface area contributed by atoms with Gasteiger partial charge in [-0.15, -0.1) is 0 Å². The Morgan fingerprint density at radius 2 is 1.53 bits per heavy atom. The Morgan fingerprint density at radius 1 is 1.00 bits per heavy atom. The standard InChI is InChI=1S/C19H26FN3O6S/c1-19(2,3)29-18(26)23-10-8-22(9-11-23)17(25)13-30(27,28)12-16(24)21-15-6-4-14(20)5-7-15/h4-7H,8-13H2,1-3H3,(H,21,24). The highest BCUT2D eigenvalue weighted by Crippen LogP contribution is 2.13. The molecule has 1 aromatic rings. The Hall–Kier alpha value is -2.69. The van der Waals surface area contributed by atoms with E-state index in [1.54, 1.807) is 20.8 Å². The minimum atomic E-state index is -3.99. The lowest BCUT2D eigenvalue weighted by Gasteiger charge is -2.35. The number of carbonyl (C=O) groups is 3. The molecule has 166 valence electrons. The molecule has 0 unspecified atom stereocenters. The Kier molecular flexibility index (Phi) is 7.40. The van der Waals surface area contributed by atoms with Gasteiger partial charge in [-0.25, -0.2) is 17.6 Å². The average molecular weight is 443 g/mol. The highest BCUT2D eigenvalue weighted by atomic mass is 32.2. The molecular formula is C19H26FN3O6S. The molecule has 2 rings (SSSR count). The second-order valence-electron chi connectivity index (χ2n) is 7.94. The van der Waals surface area contributed by atoms with E-state index in [1.807, 2.05) is 0 Å². The van der Waals surface area contributed by atoms with Crippen LogP contribution in [-0.4, -0.2) is 79.4 Å². The fourth-order valence-electron chi connectivity index (χ4n) is 2.73. The lowest BCUT2D eigenvalue weighted by molar-refractivity contribution is -0.130. The summed E-state index contributed by atoms with van der Waals surface area (Å²) >= 11 is 0. The van der Waals surface area contributed by atoms with Gasteiger partial charge in [-0.05, 0) is 45.0 Å². The lowest BCUT2D eigenvalue weighted by atomic mass is 10.2. The van der Waals surface area contributed by atoms with Crippen LogP contribution in [0.1, 0.15) is 20.8 Å². The molecule has 0 aliphatic carbocycles. The van der Waals surface area contributed by atoms with E-state index >= 15 is 0 Å². The van der Waals surface area contributed by atoms with Crippen LogP contribution in [0.25, 0.3) is 0 Å². The van der Waals surface area contributed by atoms with Crippen molar-refractivity contribution in [2.75, 3.05) is 43.0 Å². The van der Waals surface area contributed by atoms with Crippen molar-refractivity contribution in [2.24, 2.45) is 0 Å². The number of benzene rings is 1. The zero-order valence-corrected chi connectivity index (χ0v) is 18.0. The SMILES string of the molecule is CC(C)(C)OC(=O)N1CCN(C(=O)CS(=O)(=O)CC(=O)Nc2ccc(F)cc2)CC1. The molecule has 1 fully saturated rings. The summed E-state index contributed by atoms with van der Waals surface area (Å²) in [7, 11) is -3.99. The number of hydrogen-bond acceptors (Lipinski definition) is 6. The van der Waals surface area contributed by atoms with Gasteiger partial charge in [0.05, 0.1) is 0 Å². The Labute approximate surface area is 175 Å². The number of nitrogens with zero attached hydrogens (tertiary/aromatic N) is 2. The molecule has 1 aliphatic rings. The summed E-state index contributed by atoms with van der Waals surface area (Å²) in [4.78, 5) is 39.1. The topological polar surface area (TPSA) is 113 Å². The number of amides is 3. The van der Waals surface area contributed by atoms with E-state index in [4.69, 9.17) is 4.74 Å². The summed E-state index contributed by atoms with van der Waals surface area (Å²) in [5, 5.41) is 2.35. The highest BCUT2D eigenvalue weighted by molar-refractivity contribution is 7.92. The highest BCUT2D eigenvalue weighted by Gasteiger charge is 2.30. The van der Waals surface area contributed by atoms with Crippen molar-refractivity contribution >= 4 is 33.4 Å². The van der Waals surface area contributed by atoms with Crippen molar-refractivity contribution in [2.45, 2.75) is 26.4 Å². The minimum Gasteiger partial charge on any atom is -0.444 e. The van der Waals surface area contributed by atoms with Crippen LogP contribution in [0, 0.1) is 5.82 Å². The van der Waals surface area contributed by atoms with Gasteiger partial charge in [0.1, 0.15) is 22.9 Å². The maximum absolute atomic E-state index is 12.9. The van der Waals surface area contributed by atoms with Gasteiger partial charge in [0.25, 0.3) is 0 Å². The molecule has 0 saturated carbocycles. The molecule has 1 aromatic carbocycles. The van der Waals surface area contributed by atoms with Gasteiger partial charge >= 0.3 is 6.09 Å². The Balaban J connectivity index is 1.82. The summed E-state index contributed by atoms with van der Waals surface area (Å²) < 4.78 is 42.6. The first-order valence-corrected chi connectivity index (χ1v) is 11.2. The lowest BCUT2D eigenvalue weighted by Crippen LogP contribution is -2.52. The largest absolute Gasteiger partial charge is 0.444 e. The molecule has 30 heavy (non-hydrogen) atoms. The van der Waals surface area contributed by atoms with Gasteiger partial charge in [-0.3, -0.25) is 9.59 Å². The number of anilines is 1. The van der Waals surface area contributed by atoms with Gasteiger partial charge in [0.15, 0.2) is 9.84 Å². The van der Waals surface area contributed by atoms with Crippen LogP contribution in [-0.2, 0) is 24.2 Å². The molecule has 1 N–H and O–H groups in total. The maximum Gasteiger partial charge on any atom is 0.410 e. The number of rotatable bonds is 5. The predicted molar refractivity (Wildman–Crippen MR) is 108 cm³/mol. The first-order chi connectivity index (χ1) is 13.8. The molecule has 9 nitrogen and oxygen atoms in total. The molecule has 1 aliphatic heterocycles. The van der Waals surface area contributed by atoms with Gasteiger partial charge in [0.2, 0.25) is 11.8 Å². The maximum atomic E-state index is 12.9. The van der Waals surface area contributed by atoms with E-state index in [-0.39, 0.29) is 31.9 Å². The summed E-state index contributed by atoms with van der Waals surface area (Å²) in [5.74, 6) is -3.61. The normalized spacial score (nSPS) is 14.9. The van der Waals surface area contributed by atoms with Crippen molar-refractivity contribution in [3.05, 3.63) is 30.1 Å². The molecule has 11 heteroatoms. The zero-order valence-electron chi connectivity index (χ0n) is 17.2. The van der Waals surface area contributed by atoms with Gasteiger partial charge in [-0.2, -0.15) is 0 Å². The van der Waals surface area contributed by atoms with E-state index in [1.165, 1.54) is 21.9 Å². The predicted octanol–water partition coefficient (Wildman–Crippen LogP) is 1.26. The molecule has 0 radical (unpaired) electrons. The van der Waals surface area contributed by atoms with Crippen LogP contribution in [0.5, 0.6) is 0 Å². The smallest absolute Gasteiger partial charge is 0.410 e. The van der Waals surface area contributed by atoms with Crippen molar-refractivity contribution < 1.29 is 31.9 Å². The molecular weight excluding hydrogens is 417 g/mol. The van der Waals surface area contributed by atoms with Crippen LogP contribution < -0.4 is 5.32 Å². The number of piperazine rings is 1. The average Bonchev–Trinajstić information content (AvgIpc) is 2.61. The second-order valence-corrected chi connectivity index (χ2v) is 10.00. The number of sulfone groups is 1. The van der Waals surface area contributed by atoms with Crippen molar-refractivity contribution in [3.8, 4) is 0 Å². The van der Waals surface area contributed by atoms with Crippen LogP contribution in [0.15, 0.2) is 24.3 Å². The molecule has 3 amide bonds. The van der Waals surface area contributed by atoms with Gasteiger partial charge < -0.3 is 19.9 Å². The minimum absolute atomic E-state index is 0.176. The Morgan fingerprint density at radius 3 is 2.07 bits per heavy atom. The van der Waals surface area contributed by atoms with E-state index in [2.05, 4.69) is 5.32 Å². The molecule has 1 heterocycles. The van der Waals surface area contributed by atoms with Gasteiger partial charge in [0, 0.05) is 31.9 Å². The van der Waals surface area contributed by atoms with Crippen molar-refractivity contribution in [1.29, 1.82) is 0 Å². The third-order valence-corrected chi connectivity index (χ3v) is 5.50. The molecule has 1 saturated heterocycles. The molecule has 0 bridgehead atoms. The fraction of sp³-hybridized carbons (Fsp3) is 0.526. The number of hydrogen-bond donors (Lipinski definition) is 1. The van der Waals surface area contributed by atoms with E-state index in [0.29, 0.717) is 0 Å². The number of halogens is 1. The summed E-state index contributed by atoms with van der Waals surface area (Å²) in [5.41, 5.74) is -0.381. The zero-order chi connectivity index (χ0) is 22.5. The van der Waals surface area contributed by atoms with E-state index in [0.717, 1.165) is 12.1 Å². The number of nitrogens with one attached hydrogen (secondary N) is 1. The molecule has 0 spiro atoms. The number of ether oxygens (including phenoxy) is 1. The molecule has 0 atom stereocenters. The monoisotopic (exact) mass is 443 g/mol. The molecule has 0 aromatic heterocycles. The summed E-state index contributed by atoms with van der Waals surface area (Å²) in [6.07, 6.45) is -0.486. The van der Waals surface area contributed by atoms with Gasteiger partial charge in [-0.1, -0.05) is 0 Å². The number of carbonyl (C=O) groups excluding carboxylic acids is 3. The van der Waals surface area contributed by atoms with Crippen molar-refractivity contribution in [1.82, 2.24) is 9.80 Å². The van der Waals surface area contributed by atoms with Crippen molar-refractivity contribution in [3.63, 3.8) is 0 Å². The first kappa shape index (κ1) is 23.6. The second kappa shape index (κ2) is 9.41.